The Labute approximate surface area is 220 Å². The fourth-order valence-corrected chi connectivity index (χ4v) is 4.86. The summed E-state index contributed by atoms with van der Waals surface area (Å²) in [5.41, 5.74) is 0.730. The first-order valence-corrected chi connectivity index (χ1v) is 14.6. The van der Waals surface area contributed by atoms with E-state index in [0.29, 0.717) is 6.42 Å². The van der Waals surface area contributed by atoms with Crippen LogP contribution in [0.1, 0.15) is 131 Å². The van der Waals surface area contributed by atoms with Gasteiger partial charge in [0.2, 0.25) is 0 Å². The largest absolute Gasteiger partial charge is 0.324 e. The predicted molar refractivity (Wildman–Crippen MR) is 146 cm³/mol. The topological polar surface area (TPSA) is 27.7 Å². The van der Waals surface area contributed by atoms with E-state index >= 15 is 0 Å². The van der Waals surface area contributed by atoms with Gasteiger partial charge in [0.05, 0.1) is 18.3 Å². The maximum Gasteiger partial charge on any atom is 0.286 e. The molecule has 5 heteroatoms. The monoisotopic (exact) mass is 512 g/mol. The van der Waals surface area contributed by atoms with Gasteiger partial charge in [-0.3, -0.25) is 0 Å². The molecule has 0 amide bonds. The number of hydrogen-bond acceptors (Lipinski definition) is 3. The van der Waals surface area contributed by atoms with Crippen LogP contribution < -0.4 is 0 Å². The van der Waals surface area contributed by atoms with Crippen molar-refractivity contribution in [2.75, 3.05) is 0 Å². The number of halogens is 2. The quantitative estimate of drug-likeness (QED) is 0.121. The molecule has 0 aliphatic rings. The molecule has 0 saturated heterocycles. The van der Waals surface area contributed by atoms with Crippen LogP contribution in [0, 0.1) is 17.6 Å². The first kappa shape index (κ1) is 33.0. The van der Waals surface area contributed by atoms with Crippen molar-refractivity contribution in [2.45, 2.75) is 156 Å². The highest BCUT2D eigenvalue weighted by molar-refractivity contribution is 5.17. The minimum absolute atomic E-state index is 0.0128. The molecule has 1 unspecified atom stereocenters. The van der Waals surface area contributed by atoms with E-state index in [4.69, 9.17) is 14.2 Å². The SMILES string of the molecule is CCCCCCCCC(CCCCCCc1cc(F)cc(F)c1)C(OC(C)C)(OC(C)C)OC(C)C. The summed E-state index contributed by atoms with van der Waals surface area (Å²) in [5.74, 6) is -1.90. The van der Waals surface area contributed by atoms with Crippen LogP contribution in [-0.4, -0.2) is 24.3 Å². The molecule has 1 rings (SSSR count). The molecule has 1 aromatic rings. The smallest absolute Gasteiger partial charge is 0.286 e. The maximum absolute atomic E-state index is 13.4. The molecule has 0 radical (unpaired) electrons. The van der Waals surface area contributed by atoms with Crippen molar-refractivity contribution in [1.82, 2.24) is 0 Å². The molecule has 0 N–H and O–H groups in total. The first-order valence-electron chi connectivity index (χ1n) is 14.6. The Morgan fingerprint density at radius 1 is 0.611 bits per heavy atom. The van der Waals surface area contributed by atoms with E-state index in [1.54, 1.807) is 0 Å². The Balaban J connectivity index is 2.78. The van der Waals surface area contributed by atoms with Crippen molar-refractivity contribution in [2.24, 2.45) is 5.92 Å². The second-order valence-electron chi connectivity index (χ2n) is 11.1. The van der Waals surface area contributed by atoms with Crippen LogP contribution in [0.4, 0.5) is 8.78 Å². The van der Waals surface area contributed by atoms with E-state index in [9.17, 15) is 8.78 Å². The van der Waals surface area contributed by atoms with E-state index in [1.165, 1.54) is 44.2 Å². The van der Waals surface area contributed by atoms with Gasteiger partial charge in [0.15, 0.2) is 0 Å². The lowest BCUT2D eigenvalue weighted by Crippen LogP contribution is -2.50. The van der Waals surface area contributed by atoms with E-state index < -0.39 is 17.6 Å². The molecule has 0 saturated carbocycles. The van der Waals surface area contributed by atoms with Crippen molar-refractivity contribution >= 4 is 0 Å². The zero-order valence-corrected chi connectivity index (χ0v) is 24.2. The van der Waals surface area contributed by atoms with Crippen molar-refractivity contribution in [3.05, 3.63) is 35.4 Å². The predicted octanol–water partition coefficient (Wildman–Crippen LogP) is 9.75. The lowest BCUT2D eigenvalue weighted by atomic mass is 9.91. The van der Waals surface area contributed by atoms with E-state index in [-0.39, 0.29) is 24.2 Å². The van der Waals surface area contributed by atoms with Crippen molar-refractivity contribution in [3.63, 3.8) is 0 Å². The average molecular weight is 513 g/mol. The summed E-state index contributed by atoms with van der Waals surface area (Å²) < 4.78 is 46.3. The molecule has 0 aliphatic carbocycles. The Bertz CT molecular complexity index is 644. The summed E-state index contributed by atoms with van der Waals surface area (Å²) in [6.45, 7) is 14.5. The summed E-state index contributed by atoms with van der Waals surface area (Å²) in [6.07, 6.45) is 14.2. The molecular formula is C31H54F2O3. The Morgan fingerprint density at radius 2 is 1.03 bits per heavy atom. The lowest BCUT2D eigenvalue weighted by Gasteiger charge is -2.43. The summed E-state index contributed by atoms with van der Waals surface area (Å²) >= 11 is 0. The summed E-state index contributed by atoms with van der Waals surface area (Å²) in [7, 11) is 0. The second kappa shape index (κ2) is 18.3. The fourth-order valence-electron chi connectivity index (χ4n) is 4.86. The third kappa shape index (κ3) is 14.0. The molecule has 0 aromatic heterocycles. The third-order valence-electron chi connectivity index (χ3n) is 6.30. The summed E-state index contributed by atoms with van der Waals surface area (Å²) in [5, 5.41) is 0. The summed E-state index contributed by atoms with van der Waals surface area (Å²) in [4.78, 5) is 0. The van der Waals surface area contributed by atoms with Gasteiger partial charge in [-0.25, -0.2) is 8.78 Å². The molecule has 36 heavy (non-hydrogen) atoms. The van der Waals surface area contributed by atoms with Gasteiger partial charge in [-0.05, 0) is 84.9 Å². The highest BCUT2D eigenvalue weighted by Gasteiger charge is 2.44. The zero-order valence-electron chi connectivity index (χ0n) is 24.2. The van der Waals surface area contributed by atoms with Crippen LogP contribution in [0.25, 0.3) is 0 Å². The first-order chi connectivity index (χ1) is 17.1. The van der Waals surface area contributed by atoms with Gasteiger partial charge in [-0.2, -0.15) is 0 Å². The van der Waals surface area contributed by atoms with E-state index in [2.05, 4.69) is 6.92 Å². The zero-order chi connectivity index (χ0) is 27.0. The highest BCUT2D eigenvalue weighted by Crippen LogP contribution is 2.37. The molecule has 210 valence electrons. The average Bonchev–Trinajstić information content (AvgIpc) is 2.74. The fraction of sp³-hybridized carbons (Fsp3) is 0.806. The van der Waals surface area contributed by atoms with Crippen LogP contribution in [0.2, 0.25) is 0 Å². The van der Waals surface area contributed by atoms with Gasteiger partial charge < -0.3 is 14.2 Å². The molecule has 0 spiro atoms. The molecule has 1 atom stereocenters. The summed E-state index contributed by atoms with van der Waals surface area (Å²) in [6, 6.07) is 3.80. The number of aryl methyl sites for hydroxylation is 1. The number of benzene rings is 1. The lowest BCUT2D eigenvalue weighted by molar-refractivity contribution is -0.433. The van der Waals surface area contributed by atoms with Crippen LogP contribution in [0.5, 0.6) is 0 Å². The van der Waals surface area contributed by atoms with Crippen molar-refractivity contribution in [1.29, 1.82) is 0 Å². The molecule has 0 aliphatic heterocycles. The van der Waals surface area contributed by atoms with Gasteiger partial charge in [-0.15, -0.1) is 0 Å². The Hall–Kier alpha value is -1.04. The normalized spacial score (nSPS) is 13.3. The van der Waals surface area contributed by atoms with Crippen LogP contribution >= 0.6 is 0 Å². The molecule has 1 aromatic carbocycles. The van der Waals surface area contributed by atoms with Crippen LogP contribution in [0.15, 0.2) is 18.2 Å². The molecule has 0 bridgehead atoms. The molecule has 0 fully saturated rings. The van der Waals surface area contributed by atoms with Crippen molar-refractivity contribution in [3.8, 4) is 0 Å². The number of ether oxygens (including phenoxy) is 3. The van der Waals surface area contributed by atoms with Crippen molar-refractivity contribution < 1.29 is 23.0 Å². The third-order valence-corrected chi connectivity index (χ3v) is 6.30. The molecule has 0 heterocycles. The minimum Gasteiger partial charge on any atom is -0.324 e. The van der Waals surface area contributed by atoms with Gasteiger partial charge in [0, 0.05) is 12.0 Å². The van der Waals surface area contributed by atoms with Gasteiger partial charge in [-0.1, -0.05) is 64.7 Å². The molecule has 3 nitrogen and oxygen atoms in total. The van der Waals surface area contributed by atoms with Gasteiger partial charge in [0.1, 0.15) is 11.6 Å². The highest BCUT2D eigenvalue weighted by atomic mass is 19.1. The second-order valence-corrected chi connectivity index (χ2v) is 11.1. The van der Waals surface area contributed by atoms with E-state index in [1.807, 2.05) is 41.5 Å². The Kier molecular flexibility index (Phi) is 16.7. The molecular weight excluding hydrogens is 458 g/mol. The number of unbranched alkanes of at least 4 members (excludes halogenated alkanes) is 8. The number of rotatable bonds is 21. The Morgan fingerprint density at radius 3 is 1.47 bits per heavy atom. The number of hydrogen-bond donors (Lipinski definition) is 0. The maximum atomic E-state index is 13.4. The standard InChI is InChI=1S/C31H54F2O3/c1-8-9-10-11-12-16-19-28(31(34-24(2)3,35-25(4)5)36-26(6)7)20-17-14-13-15-18-27-21-29(32)23-30(33)22-27/h21-26,28H,8-20H2,1-7H3. The van der Waals surface area contributed by atoms with Gasteiger partial charge >= 0.3 is 0 Å². The van der Waals surface area contributed by atoms with Crippen LogP contribution in [0.3, 0.4) is 0 Å². The van der Waals surface area contributed by atoms with Gasteiger partial charge in [0.25, 0.3) is 5.97 Å². The van der Waals surface area contributed by atoms with E-state index in [0.717, 1.165) is 56.6 Å². The van der Waals surface area contributed by atoms with Crippen LogP contribution in [-0.2, 0) is 20.6 Å². The minimum atomic E-state index is -1.04.